The topological polar surface area (TPSA) is 65.4 Å². The summed E-state index contributed by atoms with van der Waals surface area (Å²) in [4.78, 5) is 17.0. The van der Waals surface area contributed by atoms with Crippen molar-refractivity contribution in [2.75, 3.05) is 12.4 Å². The van der Waals surface area contributed by atoms with E-state index in [4.69, 9.17) is 9.72 Å². The molecule has 9 heteroatoms. The van der Waals surface area contributed by atoms with Crippen molar-refractivity contribution in [3.8, 4) is 5.75 Å². The minimum Gasteiger partial charge on any atom is -0.465 e. The van der Waals surface area contributed by atoms with Gasteiger partial charge in [-0.3, -0.25) is 0 Å². The van der Waals surface area contributed by atoms with E-state index in [1.54, 1.807) is 18.2 Å². The van der Waals surface area contributed by atoms with Crippen molar-refractivity contribution in [1.29, 1.82) is 0 Å². The average molecular weight is 492 g/mol. The molecule has 0 amide bonds. The van der Waals surface area contributed by atoms with Gasteiger partial charge in [0.2, 0.25) is 5.95 Å². The summed E-state index contributed by atoms with van der Waals surface area (Å²) in [7, 11) is 1.34. The van der Waals surface area contributed by atoms with Crippen LogP contribution in [0.3, 0.4) is 0 Å². The molecule has 6 nitrogen and oxygen atoms in total. The molecular formula is C26H32F3N3O3. The number of hydrogen-bond donors (Lipinski definition) is 1. The summed E-state index contributed by atoms with van der Waals surface area (Å²) >= 11 is 0. The van der Waals surface area contributed by atoms with Crippen LogP contribution in [-0.4, -0.2) is 29.0 Å². The molecule has 1 aromatic heterocycles. The number of aromatic nitrogens is 2. The summed E-state index contributed by atoms with van der Waals surface area (Å²) in [6.07, 6.45) is 0.252. The molecule has 0 spiro atoms. The zero-order valence-corrected chi connectivity index (χ0v) is 20.5. The van der Waals surface area contributed by atoms with Gasteiger partial charge in [0, 0.05) is 11.7 Å². The van der Waals surface area contributed by atoms with Gasteiger partial charge >= 0.3 is 12.3 Å². The molecule has 2 aromatic carbocycles. The highest BCUT2D eigenvalue weighted by Crippen LogP contribution is 2.34. The summed E-state index contributed by atoms with van der Waals surface area (Å²) in [5.41, 5.74) is 2.51. The first kappa shape index (κ1) is 26.4. The van der Waals surface area contributed by atoms with Crippen LogP contribution in [0.4, 0.5) is 24.8 Å². The SMILES string of the molecule is CCC[C@H](C)C[C@@H](CCC)n1c(Nc2ccc(OC(F)(F)F)cc2)nc2ccc(C(=O)OC)cc21. The lowest BCUT2D eigenvalue weighted by molar-refractivity contribution is -0.274. The number of carbonyl (C=O) groups excluding carboxylic acids is 1. The molecule has 2 atom stereocenters. The van der Waals surface area contributed by atoms with Gasteiger partial charge in [-0.25, -0.2) is 9.78 Å². The first-order chi connectivity index (χ1) is 16.6. The van der Waals surface area contributed by atoms with Crippen LogP contribution in [0.5, 0.6) is 5.75 Å². The predicted octanol–water partition coefficient (Wildman–Crippen LogP) is 7.63. The monoisotopic (exact) mass is 491 g/mol. The molecule has 0 fully saturated rings. The van der Waals surface area contributed by atoms with E-state index in [1.165, 1.54) is 31.4 Å². The molecule has 0 unspecified atom stereocenters. The molecule has 1 N–H and O–H groups in total. The standard InChI is InChI=1S/C26H32F3N3O3/c1-5-7-17(3)15-20(8-6-2)32-23-16-18(24(33)34-4)9-14-22(23)31-25(32)30-19-10-12-21(13-11-19)35-26(27,28)29/h9-14,16-17,20H,5-8,15H2,1-4H3,(H,30,31)/t17-,20+/m0/s1. The van der Waals surface area contributed by atoms with Gasteiger partial charge in [-0.1, -0.05) is 40.0 Å². The predicted molar refractivity (Wildman–Crippen MR) is 130 cm³/mol. The minimum atomic E-state index is -4.75. The maximum absolute atomic E-state index is 12.5. The number of nitrogens with zero attached hydrogens (tertiary/aromatic N) is 2. The van der Waals surface area contributed by atoms with Crippen LogP contribution in [-0.2, 0) is 4.74 Å². The van der Waals surface area contributed by atoms with Crippen LogP contribution in [0.15, 0.2) is 42.5 Å². The number of hydrogen-bond acceptors (Lipinski definition) is 5. The van der Waals surface area contributed by atoms with Crippen molar-refractivity contribution in [3.05, 3.63) is 48.0 Å². The van der Waals surface area contributed by atoms with Gasteiger partial charge in [0.25, 0.3) is 0 Å². The zero-order valence-electron chi connectivity index (χ0n) is 20.5. The molecule has 3 aromatic rings. The Labute approximate surface area is 203 Å². The van der Waals surface area contributed by atoms with Gasteiger partial charge in [-0.15, -0.1) is 13.2 Å². The van der Waals surface area contributed by atoms with Crippen LogP contribution in [0.1, 0.15) is 69.3 Å². The first-order valence-electron chi connectivity index (χ1n) is 11.9. The molecule has 1 heterocycles. The third-order valence-electron chi connectivity index (χ3n) is 5.90. The molecule has 0 aliphatic carbocycles. The molecule has 3 rings (SSSR count). The van der Waals surface area contributed by atoms with E-state index in [9.17, 15) is 18.0 Å². The third kappa shape index (κ3) is 6.90. The number of alkyl halides is 3. The molecule has 190 valence electrons. The van der Waals surface area contributed by atoms with Crippen molar-refractivity contribution in [1.82, 2.24) is 9.55 Å². The molecule has 0 saturated heterocycles. The minimum absolute atomic E-state index is 0.120. The largest absolute Gasteiger partial charge is 0.573 e. The van der Waals surface area contributed by atoms with Crippen LogP contribution in [0.2, 0.25) is 0 Å². The Morgan fingerprint density at radius 2 is 1.77 bits per heavy atom. The molecule has 35 heavy (non-hydrogen) atoms. The van der Waals surface area contributed by atoms with Gasteiger partial charge in [-0.2, -0.15) is 0 Å². The van der Waals surface area contributed by atoms with E-state index < -0.39 is 12.3 Å². The number of carbonyl (C=O) groups is 1. The number of fused-ring (bicyclic) bond motifs is 1. The number of nitrogens with one attached hydrogen (secondary N) is 1. The van der Waals surface area contributed by atoms with Crippen LogP contribution in [0.25, 0.3) is 11.0 Å². The van der Waals surface area contributed by atoms with E-state index in [1.807, 2.05) is 0 Å². The second kappa shape index (κ2) is 11.5. The van der Waals surface area contributed by atoms with E-state index in [2.05, 4.69) is 35.4 Å². The molecule has 0 bridgehead atoms. The highest BCUT2D eigenvalue weighted by molar-refractivity contribution is 5.94. The van der Waals surface area contributed by atoms with Gasteiger partial charge < -0.3 is 19.4 Å². The van der Waals surface area contributed by atoms with Crippen LogP contribution < -0.4 is 10.1 Å². The maximum atomic E-state index is 12.5. The van der Waals surface area contributed by atoms with E-state index >= 15 is 0 Å². The molecule has 0 saturated carbocycles. The maximum Gasteiger partial charge on any atom is 0.573 e. The fourth-order valence-corrected chi connectivity index (χ4v) is 4.43. The molecular weight excluding hydrogens is 459 g/mol. The highest BCUT2D eigenvalue weighted by atomic mass is 19.4. The molecule has 0 aliphatic heterocycles. The Morgan fingerprint density at radius 1 is 1.09 bits per heavy atom. The van der Waals surface area contributed by atoms with Crippen molar-refractivity contribution in [3.63, 3.8) is 0 Å². The first-order valence-corrected chi connectivity index (χ1v) is 11.9. The van der Waals surface area contributed by atoms with Crippen molar-refractivity contribution in [2.45, 2.75) is 65.3 Å². The van der Waals surface area contributed by atoms with Gasteiger partial charge in [0.15, 0.2) is 0 Å². The Bertz CT molecular complexity index is 1130. The zero-order chi connectivity index (χ0) is 25.6. The Morgan fingerprint density at radius 3 is 2.37 bits per heavy atom. The summed E-state index contributed by atoms with van der Waals surface area (Å²) < 4.78 is 48.5. The number of benzene rings is 2. The van der Waals surface area contributed by atoms with Gasteiger partial charge in [0.1, 0.15) is 5.75 Å². The quantitative estimate of drug-likeness (QED) is 0.279. The van der Waals surface area contributed by atoms with E-state index in [0.717, 1.165) is 37.6 Å². The summed E-state index contributed by atoms with van der Waals surface area (Å²) in [6, 6.07) is 10.9. The number of imidazole rings is 1. The molecule has 0 aliphatic rings. The highest BCUT2D eigenvalue weighted by Gasteiger charge is 2.31. The number of anilines is 2. The third-order valence-corrected chi connectivity index (χ3v) is 5.90. The van der Waals surface area contributed by atoms with Crippen LogP contribution in [0, 0.1) is 5.92 Å². The Hall–Kier alpha value is -3.23. The van der Waals surface area contributed by atoms with Gasteiger partial charge in [0.05, 0.1) is 23.7 Å². The average Bonchev–Trinajstić information content (AvgIpc) is 3.15. The molecule has 0 radical (unpaired) electrons. The second-order valence-electron chi connectivity index (χ2n) is 8.77. The van der Waals surface area contributed by atoms with Crippen LogP contribution >= 0.6 is 0 Å². The summed E-state index contributed by atoms with van der Waals surface area (Å²) in [5, 5.41) is 3.26. The van der Waals surface area contributed by atoms with Crippen molar-refractivity contribution in [2.24, 2.45) is 5.92 Å². The Kier molecular flexibility index (Phi) is 8.64. The lowest BCUT2D eigenvalue weighted by atomic mass is 9.94. The smallest absolute Gasteiger partial charge is 0.465 e. The van der Waals surface area contributed by atoms with E-state index in [-0.39, 0.29) is 11.8 Å². The van der Waals surface area contributed by atoms with E-state index in [0.29, 0.717) is 28.6 Å². The van der Waals surface area contributed by atoms with Crippen molar-refractivity contribution < 1.29 is 27.4 Å². The Balaban J connectivity index is 2.04. The number of methoxy groups -OCH3 is 1. The van der Waals surface area contributed by atoms with Crippen molar-refractivity contribution >= 4 is 28.6 Å². The number of esters is 1. The lowest BCUT2D eigenvalue weighted by Gasteiger charge is -2.25. The second-order valence-corrected chi connectivity index (χ2v) is 8.77. The summed E-state index contributed by atoms with van der Waals surface area (Å²) in [5.74, 6) is 0.329. The normalized spacial score (nSPS) is 13.5. The number of rotatable bonds is 11. The fourth-order valence-electron chi connectivity index (χ4n) is 4.43. The van der Waals surface area contributed by atoms with Gasteiger partial charge in [-0.05, 0) is 61.2 Å². The summed E-state index contributed by atoms with van der Waals surface area (Å²) in [6.45, 7) is 6.53. The number of halogens is 3. The lowest BCUT2D eigenvalue weighted by Crippen LogP contribution is -2.17. The fraction of sp³-hybridized carbons (Fsp3) is 0.462. The number of ether oxygens (including phenoxy) is 2.